The van der Waals surface area contributed by atoms with Crippen LogP contribution in [-0.2, 0) is 6.61 Å². The van der Waals surface area contributed by atoms with E-state index in [0.717, 1.165) is 38.8 Å². The largest absolute Gasteiger partial charge is 0.489 e. The molecule has 0 aliphatic carbocycles. The van der Waals surface area contributed by atoms with Crippen LogP contribution < -0.4 is 4.74 Å². The summed E-state index contributed by atoms with van der Waals surface area (Å²) < 4.78 is 24.0. The van der Waals surface area contributed by atoms with Crippen molar-refractivity contribution in [2.75, 3.05) is 13.1 Å². The summed E-state index contributed by atoms with van der Waals surface area (Å²) in [5.74, 6) is 0.468. The van der Waals surface area contributed by atoms with Gasteiger partial charge < -0.3 is 14.2 Å². The fourth-order valence-corrected chi connectivity index (χ4v) is 2.86. The third kappa shape index (κ3) is 3.75. The highest BCUT2D eigenvalue weighted by atomic mass is 19.1. The predicted molar refractivity (Wildman–Crippen MR) is 86.3 cm³/mol. The monoisotopic (exact) mass is 332 g/mol. The Bertz CT molecular complexity index is 706. The lowest BCUT2D eigenvalue weighted by Gasteiger charge is -2.19. The molecule has 0 atom stereocenters. The Morgan fingerprint density at radius 3 is 2.75 bits per heavy atom. The summed E-state index contributed by atoms with van der Waals surface area (Å²) in [4.78, 5) is 14.6. The molecule has 1 aliphatic heterocycles. The van der Waals surface area contributed by atoms with Gasteiger partial charge in [0, 0.05) is 19.2 Å². The molecule has 128 valence electrons. The van der Waals surface area contributed by atoms with Crippen LogP contribution in [0.1, 0.15) is 47.5 Å². The van der Waals surface area contributed by atoms with E-state index in [9.17, 15) is 9.18 Å². The number of benzene rings is 1. The lowest BCUT2D eigenvalue weighted by Crippen LogP contribution is -2.32. The van der Waals surface area contributed by atoms with Crippen LogP contribution in [0.4, 0.5) is 4.39 Å². The van der Waals surface area contributed by atoms with Gasteiger partial charge in [-0.25, -0.2) is 4.39 Å². The average Bonchev–Trinajstić information content (AvgIpc) is 2.77. The van der Waals surface area contributed by atoms with Gasteiger partial charge in [0.2, 0.25) is 0 Å². The van der Waals surface area contributed by atoms with Gasteiger partial charge in [-0.15, -0.1) is 0 Å². The highest BCUT2D eigenvalue weighted by molar-refractivity contribution is 5.93. The molecular weight excluding hydrogens is 311 g/mol. The Morgan fingerprint density at radius 1 is 1.29 bits per heavy atom. The van der Waals surface area contributed by atoms with Crippen molar-refractivity contribution >= 4 is 5.91 Å². The molecule has 1 aromatic carbocycles. The van der Waals surface area contributed by atoms with Crippen LogP contribution in [0.5, 0.6) is 5.75 Å². The highest BCUT2D eigenvalue weighted by Gasteiger charge is 2.25. The van der Waals surface area contributed by atoms with Crippen molar-refractivity contribution in [3.05, 3.63) is 47.1 Å². The standard InChI is InChI=1S/C18H21FN2O3/c1-13-16(12-23-15-8-6-7-14(19)11-15)17(20-24-13)18(22)21-9-4-2-3-5-10-21/h6-8,11H,2-5,9-10,12H2,1H3. The van der Waals surface area contributed by atoms with Crippen molar-refractivity contribution in [3.63, 3.8) is 0 Å². The van der Waals surface area contributed by atoms with Crippen molar-refractivity contribution in [3.8, 4) is 5.75 Å². The number of hydrogen-bond donors (Lipinski definition) is 0. The molecule has 6 heteroatoms. The number of amides is 1. The van der Waals surface area contributed by atoms with Gasteiger partial charge in [-0.3, -0.25) is 4.79 Å². The first-order valence-electron chi connectivity index (χ1n) is 8.28. The number of aromatic nitrogens is 1. The van der Waals surface area contributed by atoms with E-state index in [4.69, 9.17) is 9.26 Å². The second-order valence-corrected chi connectivity index (χ2v) is 6.02. The molecule has 0 saturated carbocycles. The molecule has 1 aliphatic rings. The number of carbonyl (C=O) groups is 1. The fourth-order valence-electron chi connectivity index (χ4n) is 2.86. The van der Waals surface area contributed by atoms with Gasteiger partial charge in [0.05, 0.1) is 5.56 Å². The zero-order chi connectivity index (χ0) is 16.9. The van der Waals surface area contributed by atoms with E-state index >= 15 is 0 Å². The summed E-state index contributed by atoms with van der Waals surface area (Å²) in [5.41, 5.74) is 0.916. The minimum Gasteiger partial charge on any atom is -0.489 e. The van der Waals surface area contributed by atoms with Crippen molar-refractivity contribution < 1.29 is 18.4 Å². The summed E-state index contributed by atoms with van der Waals surface area (Å²) in [6.45, 7) is 3.36. The van der Waals surface area contributed by atoms with E-state index < -0.39 is 0 Å². The molecule has 3 rings (SSSR count). The summed E-state index contributed by atoms with van der Waals surface area (Å²) in [6.07, 6.45) is 4.32. The molecule has 0 unspecified atom stereocenters. The van der Waals surface area contributed by atoms with Crippen molar-refractivity contribution in [1.82, 2.24) is 10.1 Å². The number of likely N-dealkylation sites (tertiary alicyclic amines) is 1. The SMILES string of the molecule is Cc1onc(C(=O)N2CCCCCC2)c1COc1cccc(F)c1. The minimum atomic E-state index is -0.365. The third-order valence-electron chi connectivity index (χ3n) is 4.26. The van der Waals surface area contributed by atoms with Crippen LogP contribution in [0, 0.1) is 12.7 Å². The van der Waals surface area contributed by atoms with E-state index in [-0.39, 0.29) is 18.3 Å². The summed E-state index contributed by atoms with van der Waals surface area (Å²) in [7, 11) is 0. The minimum absolute atomic E-state index is 0.119. The number of halogens is 1. The molecule has 1 aromatic heterocycles. The molecule has 0 bridgehead atoms. The molecule has 2 heterocycles. The maximum Gasteiger partial charge on any atom is 0.276 e. The van der Waals surface area contributed by atoms with E-state index in [1.807, 2.05) is 4.90 Å². The zero-order valence-corrected chi connectivity index (χ0v) is 13.8. The number of carbonyl (C=O) groups excluding carboxylic acids is 1. The van der Waals surface area contributed by atoms with Crippen LogP contribution in [-0.4, -0.2) is 29.1 Å². The van der Waals surface area contributed by atoms with E-state index in [0.29, 0.717) is 22.8 Å². The number of rotatable bonds is 4. The third-order valence-corrected chi connectivity index (χ3v) is 4.26. The average molecular weight is 332 g/mol. The van der Waals surface area contributed by atoms with Gasteiger partial charge in [0.15, 0.2) is 5.69 Å². The van der Waals surface area contributed by atoms with Crippen LogP contribution >= 0.6 is 0 Å². The van der Waals surface area contributed by atoms with E-state index in [1.54, 1.807) is 19.1 Å². The maximum absolute atomic E-state index is 13.2. The molecule has 0 N–H and O–H groups in total. The number of aryl methyl sites for hydroxylation is 1. The van der Waals surface area contributed by atoms with Crippen molar-refractivity contribution in [1.29, 1.82) is 0 Å². The maximum atomic E-state index is 13.2. The second kappa shape index (κ2) is 7.47. The molecule has 5 nitrogen and oxygen atoms in total. The van der Waals surface area contributed by atoms with Gasteiger partial charge in [0.25, 0.3) is 5.91 Å². The Labute approximate surface area is 140 Å². The topological polar surface area (TPSA) is 55.6 Å². The van der Waals surface area contributed by atoms with Gasteiger partial charge in [-0.05, 0) is 31.9 Å². The van der Waals surface area contributed by atoms with Crippen molar-refractivity contribution in [2.24, 2.45) is 0 Å². The van der Waals surface area contributed by atoms with Gasteiger partial charge >= 0.3 is 0 Å². The van der Waals surface area contributed by atoms with E-state index in [1.165, 1.54) is 12.1 Å². The molecule has 2 aromatic rings. The van der Waals surface area contributed by atoms with Crippen LogP contribution in [0.15, 0.2) is 28.8 Å². The fraction of sp³-hybridized carbons (Fsp3) is 0.444. The first kappa shape index (κ1) is 16.5. The number of hydrogen-bond acceptors (Lipinski definition) is 4. The lowest BCUT2D eigenvalue weighted by molar-refractivity contribution is 0.0748. The Morgan fingerprint density at radius 2 is 2.04 bits per heavy atom. The smallest absolute Gasteiger partial charge is 0.276 e. The predicted octanol–water partition coefficient (Wildman–Crippen LogP) is 3.72. The van der Waals surface area contributed by atoms with Crippen LogP contribution in [0.25, 0.3) is 0 Å². The first-order valence-corrected chi connectivity index (χ1v) is 8.28. The zero-order valence-electron chi connectivity index (χ0n) is 13.8. The summed E-state index contributed by atoms with van der Waals surface area (Å²) in [6, 6.07) is 5.90. The quantitative estimate of drug-likeness (QED) is 0.856. The Hall–Kier alpha value is -2.37. The molecular formula is C18H21FN2O3. The van der Waals surface area contributed by atoms with Gasteiger partial charge in [0.1, 0.15) is 23.9 Å². The van der Waals surface area contributed by atoms with E-state index in [2.05, 4.69) is 5.16 Å². The number of ether oxygens (including phenoxy) is 1. The molecule has 1 saturated heterocycles. The molecule has 1 amide bonds. The lowest BCUT2D eigenvalue weighted by atomic mass is 10.2. The number of nitrogens with zero attached hydrogens (tertiary/aromatic N) is 2. The first-order chi connectivity index (χ1) is 11.6. The Kier molecular flexibility index (Phi) is 5.13. The molecule has 0 radical (unpaired) electrons. The second-order valence-electron chi connectivity index (χ2n) is 6.02. The van der Waals surface area contributed by atoms with Crippen molar-refractivity contribution in [2.45, 2.75) is 39.2 Å². The van der Waals surface area contributed by atoms with Crippen LogP contribution in [0.2, 0.25) is 0 Å². The molecule has 1 fully saturated rings. The Balaban J connectivity index is 1.74. The highest BCUT2D eigenvalue weighted by Crippen LogP contribution is 2.21. The normalized spacial score (nSPS) is 15.2. The molecule has 0 spiro atoms. The molecule has 24 heavy (non-hydrogen) atoms. The van der Waals surface area contributed by atoms with Gasteiger partial charge in [-0.2, -0.15) is 0 Å². The van der Waals surface area contributed by atoms with Gasteiger partial charge in [-0.1, -0.05) is 24.1 Å². The van der Waals surface area contributed by atoms with Crippen LogP contribution in [0.3, 0.4) is 0 Å². The summed E-state index contributed by atoms with van der Waals surface area (Å²) >= 11 is 0. The summed E-state index contributed by atoms with van der Waals surface area (Å²) in [5, 5.41) is 3.93.